The minimum atomic E-state index is 0.366. The molecule has 19 heavy (non-hydrogen) atoms. The zero-order valence-electron chi connectivity index (χ0n) is 13.2. The van der Waals surface area contributed by atoms with Crippen LogP contribution in [0.3, 0.4) is 0 Å². The summed E-state index contributed by atoms with van der Waals surface area (Å²) in [6, 6.07) is 0. The minimum Gasteiger partial charge on any atom is -0.384 e. The number of hydrogen-bond donors (Lipinski definition) is 1. The molecule has 3 nitrogen and oxygen atoms in total. The van der Waals surface area contributed by atoms with E-state index < -0.39 is 0 Å². The van der Waals surface area contributed by atoms with Crippen LogP contribution in [0.4, 0.5) is 0 Å². The molecular weight excluding hydrogens is 238 g/mol. The average Bonchev–Trinajstić information content (AvgIpc) is 2.44. The maximum Gasteiger partial charge on any atom is 0.0587 e. The van der Waals surface area contributed by atoms with Crippen molar-refractivity contribution in [3.63, 3.8) is 0 Å². The fourth-order valence-electron chi connectivity index (χ4n) is 3.28. The lowest BCUT2D eigenvalue weighted by Gasteiger charge is -2.40. The van der Waals surface area contributed by atoms with Crippen molar-refractivity contribution in [3.8, 4) is 0 Å². The Kier molecular flexibility index (Phi) is 8.67. The minimum absolute atomic E-state index is 0.366. The highest BCUT2D eigenvalue weighted by atomic mass is 16.5. The molecule has 3 heteroatoms. The van der Waals surface area contributed by atoms with Gasteiger partial charge in [0.2, 0.25) is 0 Å². The second-order valence-electron chi connectivity index (χ2n) is 6.19. The van der Waals surface area contributed by atoms with Crippen LogP contribution in [0.2, 0.25) is 0 Å². The average molecular weight is 271 g/mol. The molecule has 1 aliphatic carbocycles. The van der Waals surface area contributed by atoms with Crippen LogP contribution >= 0.6 is 0 Å². The highest BCUT2D eigenvalue weighted by molar-refractivity contribution is 4.87. The van der Waals surface area contributed by atoms with Gasteiger partial charge in [0.05, 0.1) is 13.2 Å². The number of hydrogen-bond acceptors (Lipinski definition) is 3. The first-order valence-electron chi connectivity index (χ1n) is 7.95. The summed E-state index contributed by atoms with van der Waals surface area (Å²) in [5.74, 6) is 0.962. The van der Waals surface area contributed by atoms with E-state index in [1.54, 1.807) is 7.11 Å². The Balaban J connectivity index is 2.33. The van der Waals surface area contributed by atoms with E-state index in [4.69, 9.17) is 9.47 Å². The van der Waals surface area contributed by atoms with E-state index in [2.05, 4.69) is 12.2 Å². The predicted molar refractivity (Wildman–Crippen MR) is 80.5 cm³/mol. The lowest BCUT2D eigenvalue weighted by molar-refractivity contribution is 0.0330. The van der Waals surface area contributed by atoms with Gasteiger partial charge >= 0.3 is 0 Å². The number of methoxy groups -OCH3 is 2. The molecule has 1 N–H and O–H groups in total. The van der Waals surface area contributed by atoms with Crippen molar-refractivity contribution in [3.05, 3.63) is 0 Å². The number of rotatable bonds is 10. The van der Waals surface area contributed by atoms with Crippen molar-refractivity contribution in [1.82, 2.24) is 5.32 Å². The molecule has 0 aliphatic heterocycles. The zero-order chi connectivity index (χ0) is 14.0. The molecule has 1 fully saturated rings. The van der Waals surface area contributed by atoms with Gasteiger partial charge in [-0.3, -0.25) is 0 Å². The quantitative estimate of drug-likeness (QED) is 0.619. The molecule has 0 atom stereocenters. The summed E-state index contributed by atoms with van der Waals surface area (Å²) in [4.78, 5) is 0. The largest absolute Gasteiger partial charge is 0.384 e. The van der Waals surface area contributed by atoms with Crippen LogP contribution in [-0.2, 0) is 9.47 Å². The first kappa shape index (κ1) is 16.9. The Morgan fingerprint density at radius 2 is 1.89 bits per heavy atom. The van der Waals surface area contributed by atoms with Gasteiger partial charge in [-0.1, -0.05) is 26.2 Å². The van der Waals surface area contributed by atoms with Crippen molar-refractivity contribution in [2.75, 3.05) is 40.5 Å². The highest BCUT2D eigenvalue weighted by Crippen LogP contribution is 2.40. The van der Waals surface area contributed by atoms with Crippen LogP contribution in [-0.4, -0.2) is 40.5 Å². The summed E-state index contributed by atoms with van der Waals surface area (Å²) < 4.78 is 10.6. The monoisotopic (exact) mass is 271 g/mol. The molecule has 0 radical (unpaired) electrons. The van der Waals surface area contributed by atoms with Crippen LogP contribution in [0.25, 0.3) is 0 Å². The van der Waals surface area contributed by atoms with Gasteiger partial charge in [-0.25, -0.2) is 0 Å². The van der Waals surface area contributed by atoms with E-state index in [0.717, 1.165) is 32.2 Å². The summed E-state index contributed by atoms with van der Waals surface area (Å²) in [6.07, 6.45) is 9.55. The van der Waals surface area contributed by atoms with E-state index in [1.165, 1.54) is 44.9 Å². The van der Waals surface area contributed by atoms with Gasteiger partial charge < -0.3 is 14.8 Å². The highest BCUT2D eigenvalue weighted by Gasteiger charge is 2.34. The predicted octanol–water partition coefficient (Wildman–Crippen LogP) is 3.24. The van der Waals surface area contributed by atoms with Gasteiger partial charge in [-0.15, -0.1) is 0 Å². The van der Waals surface area contributed by atoms with E-state index in [0.29, 0.717) is 5.41 Å². The molecule has 0 bridgehead atoms. The van der Waals surface area contributed by atoms with Crippen molar-refractivity contribution < 1.29 is 9.47 Å². The fraction of sp³-hybridized carbons (Fsp3) is 1.00. The molecule has 1 aliphatic rings. The summed E-state index contributed by atoms with van der Waals surface area (Å²) >= 11 is 0. The third-order valence-electron chi connectivity index (χ3n) is 4.57. The first-order valence-corrected chi connectivity index (χ1v) is 7.95. The van der Waals surface area contributed by atoms with Crippen molar-refractivity contribution >= 4 is 0 Å². The third kappa shape index (κ3) is 6.24. The van der Waals surface area contributed by atoms with E-state index >= 15 is 0 Å². The topological polar surface area (TPSA) is 30.5 Å². The second-order valence-corrected chi connectivity index (χ2v) is 6.19. The summed E-state index contributed by atoms with van der Waals surface area (Å²) in [5.41, 5.74) is 0.366. The molecule has 114 valence electrons. The smallest absolute Gasteiger partial charge is 0.0587 e. The molecule has 0 unspecified atom stereocenters. The Morgan fingerprint density at radius 1 is 1.16 bits per heavy atom. The first-order chi connectivity index (χ1) is 9.26. The molecule has 0 aromatic heterocycles. The normalized spacial score (nSPS) is 27.6. The van der Waals surface area contributed by atoms with E-state index in [-0.39, 0.29) is 0 Å². The van der Waals surface area contributed by atoms with E-state index in [1.807, 2.05) is 7.11 Å². The maximum absolute atomic E-state index is 5.49. The summed E-state index contributed by atoms with van der Waals surface area (Å²) in [5, 5.41) is 3.53. The zero-order valence-corrected chi connectivity index (χ0v) is 13.2. The number of ether oxygens (including phenoxy) is 2. The maximum atomic E-state index is 5.49. The van der Waals surface area contributed by atoms with E-state index in [9.17, 15) is 0 Å². The molecular formula is C16H33NO2. The van der Waals surface area contributed by atoms with Crippen molar-refractivity contribution in [2.24, 2.45) is 11.3 Å². The lowest BCUT2D eigenvalue weighted by atomic mass is 9.69. The van der Waals surface area contributed by atoms with Crippen molar-refractivity contribution in [1.29, 1.82) is 0 Å². The van der Waals surface area contributed by atoms with Crippen LogP contribution in [0, 0.1) is 11.3 Å². The molecule has 0 aromatic carbocycles. The van der Waals surface area contributed by atoms with Crippen LogP contribution < -0.4 is 5.32 Å². The molecule has 0 spiro atoms. The molecule has 0 amide bonds. The Labute approximate surface area is 119 Å². The number of nitrogens with one attached hydrogen (secondary N) is 1. The number of unbranched alkanes of at least 4 members (excludes halogenated alkanes) is 1. The van der Waals surface area contributed by atoms with Crippen LogP contribution in [0.1, 0.15) is 51.9 Å². The molecule has 0 heterocycles. The van der Waals surface area contributed by atoms with Gasteiger partial charge in [0.1, 0.15) is 0 Å². The molecule has 1 saturated carbocycles. The SMILES string of the molecule is CCCCC1CCC(CNCCOC)(COC)CC1. The third-order valence-corrected chi connectivity index (χ3v) is 4.57. The van der Waals surface area contributed by atoms with Crippen LogP contribution in [0.5, 0.6) is 0 Å². The standard InChI is InChI=1S/C16H33NO2/c1-4-5-6-15-7-9-16(10-8-15,14-19-3)13-17-11-12-18-2/h15,17H,4-14H2,1-3H3. The van der Waals surface area contributed by atoms with Crippen molar-refractivity contribution in [2.45, 2.75) is 51.9 Å². The Bertz CT molecular complexity index is 213. The van der Waals surface area contributed by atoms with Gasteiger partial charge in [0.25, 0.3) is 0 Å². The lowest BCUT2D eigenvalue weighted by Crippen LogP contribution is -2.41. The van der Waals surface area contributed by atoms with Gasteiger partial charge in [0.15, 0.2) is 0 Å². The molecule has 0 saturated heterocycles. The summed E-state index contributed by atoms with van der Waals surface area (Å²) in [6.45, 7) is 6.00. The fourth-order valence-corrected chi connectivity index (χ4v) is 3.28. The molecule has 1 rings (SSSR count). The Morgan fingerprint density at radius 3 is 2.47 bits per heavy atom. The second kappa shape index (κ2) is 9.73. The van der Waals surface area contributed by atoms with Crippen LogP contribution in [0.15, 0.2) is 0 Å². The summed E-state index contributed by atoms with van der Waals surface area (Å²) in [7, 11) is 3.59. The molecule has 0 aromatic rings. The van der Waals surface area contributed by atoms with Gasteiger partial charge in [0, 0.05) is 32.7 Å². The Hall–Kier alpha value is -0.120. The van der Waals surface area contributed by atoms with Gasteiger partial charge in [-0.05, 0) is 31.6 Å². The van der Waals surface area contributed by atoms with Gasteiger partial charge in [-0.2, -0.15) is 0 Å².